The van der Waals surface area contributed by atoms with Crippen LogP contribution in [0, 0.1) is 0 Å². The van der Waals surface area contributed by atoms with Crippen LogP contribution in [-0.4, -0.2) is 23.0 Å². The average molecular weight is 225 g/mol. The number of hydrogen-bond acceptors (Lipinski definition) is 3. The van der Waals surface area contributed by atoms with Gasteiger partial charge in [-0.1, -0.05) is 6.58 Å². The number of rotatable bonds is 4. The number of carbonyl (C=O) groups excluding carboxylic acids is 2. The van der Waals surface area contributed by atoms with Crippen LogP contribution in [0.1, 0.15) is 40.0 Å². The molecule has 0 atom stereocenters. The first-order valence-electron chi connectivity index (χ1n) is 5.43. The number of allylic oxidation sites excluding steroid dienone is 1. The predicted octanol–water partition coefficient (Wildman–Crippen LogP) is 2.19. The number of hydrogen-bond donors (Lipinski definition) is 1. The van der Waals surface area contributed by atoms with Crippen molar-refractivity contribution in [2.75, 3.05) is 0 Å². The van der Waals surface area contributed by atoms with Gasteiger partial charge in [0.2, 0.25) is 0 Å². The molecule has 0 aromatic heterocycles. The molecule has 1 saturated carbocycles. The average Bonchev–Trinajstić information content (AvgIpc) is 2.80. The molecular weight excluding hydrogens is 206 g/mol. The van der Waals surface area contributed by atoms with Gasteiger partial charge >= 0.3 is 6.09 Å². The van der Waals surface area contributed by atoms with Crippen molar-refractivity contribution in [3.63, 3.8) is 0 Å². The zero-order chi connectivity index (χ0) is 12.4. The summed E-state index contributed by atoms with van der Waals surface area (Å²) >= 11 is 0. The van der Waals surface area contributed by atoms with Gasteiger partial charge in [-0.05, 0) is 39.7 Å². The molecule has 0 aromatic carbocycles. The van der Waals surface area contributed by atoms with E-state index in [4.69, 9.17) is 4.74 Å². The van der Waals surface area contributed by atoms with Crippen LogP contribution in [0.5, 0.6) is 0 Å². The van der Waals surface area contributed by atoms with Crippen LogP contribution in [0.15, 0.2) is 12.7 Å². The van der Waals surface area contributed by atoms with Crippen LogP contribution >= 0.6 is 0 Å². The van der Waals surface area contributed by atoms with Gasteiger partial charge in [-0.25, -0.2) is 4.79 Å². The topological polar surface area (TPSA) is 55.4 Å². The van der Waals surface area contributed by atoms with Gasteiger partial charge in [0.25, 0.3) is 0 Å². The van der Waals surface area contributed by atoms with E-state index in [9.17, 15) is 9.59 Å². The summed E-state index contributed by atoms with van der Waals surface area (Å²) in [6.07, 6.45) is 2.80. The fourth-order valence-electron chi connectivity index (χ4n) is 1.42. The number of amides is 1. The standard InChI is InChI=1S/C12H19NO3/c1-5-9(14)8-12(6-7-12)13-10(15)16-11(2,3)4/h5H,1,6-8H2,2-4H3,(H,13,15). The highest BCUT2D eigenvalue weighted by atomic mass is 16.6. The molecule has 1 aliphatic carbocycles. The summed E-state index contributed by atoms with van der Waals surface area (Å²) in [7, 11) is 0. The summed E-state index contributed by atoms with van der Waals surface area (Å²) in [6.45, 7) is 8.84. The highest BCUT2D eigenvalue weighted by molar-refractivity contribution is 5.90. The normalized spacial score (nSPS) is 17.4. The van der Waals surface area contributed by atoms with Crippen LogP contribution < -0.4 is 5.32 Å². The summed E-state index contributed by atoms with van der Waals surface area (Å²) in [5.74, 6) is -0.0476. The number of alkyl carbamates (subject to hydrolysis) is 1. The van der Waals surface area contributed by atoms with Crippen LogP contribution in [0.4, 0.5) is 4.79 Å². The van der Waals surface area contributed by atoms with Gasteiger partial charge in [0.15, 0.2) is 5.78 Å². The molecule has 0 spiro atoms. The molecule has 1 fully saturated rings. The minimum absolute atomic E-state index is 0.0476. The highest BCUT2D eigenvalue weighted by Gasteiger charge is 2.45. The first kappa shape index (κ1) is 12.7. The third-order valence-corrected chi connectivity index (χ3v) is 2.36. The first-order valence-corrected chi connectivity index (χ1v) is 5.43. The maximum absolute atomic E-state index is 11.5. The van der Waals surface area contributed by atoms with E-state index in [2.05, 4.69) is 11.9 Å². The largest absolute Gasteiger partial charge is 0.444 e. The molecule has 1 rings (SSSR count). The Morgan fingerprint density at radius 3 is 2.38 bits per heavy atom. The number of ketones is 1. The fourth-order valence-corrected chi connectivity index (χ4v) is 1.42. The van der Waals surface area contributed by atoms with Crippen LogP contribution in [0.25, 0.3) is 0 Å². The maximum Gasteiger partial charge on any atom is 0.408 e. The van der Waals surface area contributed by atoms with Gasteiger partial charge in [-0.15, -0.1) is 0 Å². The molecule has 0 radical (unpaired) electrons. The molecule has 16 heavy (non-hydrogen) atoms. The van der Waals surface area contributed by atoms with Crippen molar-refractivity contribution >= 4 is 11.9 Å². The fraction of sp³-hybridized carbons (Fsp3) is 0.667. The lowest BCUT2D eigenvalue weighted by molar-refractivity contribution is -0.115. The van der Waals surface area contributed by atoms with Crippen molar-refractivity contribution in [1.29, 1.82) is 0 Å². The number of ether oxygens (including phenoxy) is 1. The lowest BCUT2D eigenvalue weighted by atomic mass is 10.1. The Morgan fingerprint density at radius 1 is 1.44 bits per heavy atom. The van der Waals surface area contributed by atoms with Crippen molar-refractivity contribution in [3.8, 4) is 0 Å². The molecule has 0 aromatic rings. The zero-order valence-corrected chi connectivity index (χ0v) is 10.1. The van der Waals surface area contributed by atoms with Crippen molar-refractivity contribution in [1.82, 2.24) is 5.32 Å². The third-order valence-electron chi connectivity index (χ3n) is 2.36. The molecule has 0 unspecified atom stereocenters. The van der Waals surface area contributed by atoms with E-state index in [0.29, 0.717) is 6.42 Å². The molecular formula is C12H19NO3. The monoisotopic (exact) mass is 225 g/mol. The molecule has 1 amide bonds. The Balaban J connectivity index is 2.45. The Labute approximate surface area is 96.0 Å². The van der Waals surface area contributed by atoms with Crippen molar-refractivity contribution < 1.29 is 14.3 Å². The molecule has 1 N–H and O–H groups in total. The summed E-state index contributed by atoms with van der Waals surface area (Å²) in [4.78, 5) is 22.7. The molecule has 0 heterocycles. The van der Waals surface area contributed by atoms with Gasteiger partial charge in [-0.2, -0.15) is 0 Å². The van der Waals surface area contributed by atoms with E-state index >= 15 is 0 Å². The Kier molecular flexibility index (Phi) is 3.41. The van der Waals surface area contributed by atoms with Crippen molar-refractivity contribution in [3.05, 3.63) is 12.7 Å². The second kappa shape index (κ2) is 4.28. The second-order valence-corrected chi connectivity index (χ2v) is 5.25. The Hall–Kier alpha value is -1.32. The Bertz CT molecular complexity index is 311. The molecule has 4 heteroatoms. The van der Waals surface area contributed by atoms with E-state index in [0.717, 1.165) is 12.8 Å². The van der Waals surface area contributed by atoms with Gasteiger partial charge in [0.1, 0.15) is 5.60 Å². The molecule has 4 nitrogen and oxygen atoms in total. The van der Waals surface area contributed by atoms with E-state index < -0.39 is 11.7 Å². The highest BCUT2D eigenvalue weighted by Crippen LogP contribution is 2.39. The zero-order valence-electron chi connectivity index (χ0n) is 10.1. The predicted molar refractivity (Wildman–Crippen MR) is 61.2 cm³/mol. The maximum atomic E-state index is 11.5. The summed E-state index contributed by atoms with van der Waals surface area (Å²) in [5.41, 5.74) is -0.893. The quantitative estimate of drug-likeness (QED) is 0.746. The smallest absolute Gasteiger partial charge is 0.408 e. The minimum atomic E-state index is -0.511. The SMILES string of the molecule is C=CC(=O)CC1(NC(=O)OC(C)(C)C)CC1. The van der Waals surface area contributed by atoms with Crippen LogP contribution in [0.3, 0.4) is 0 Å². The van der Waals surface area contributed by atoms with E-state index in [1.807, 2.05) is 0 Å². The first-order chi connectivity index (χ1) is 7.26. The molecule has 0 aliphatic heterocycles. The molecule has 1 aliphatic rings. The lowest BCUT2D eigenvalue weighted by Gasteiger charge is -2.22. The molecule has 0 saturated heterocycles. The van der Waals surface area contributed by atoms with E-state index in [-0.39, 0.29) is 11.3 Å². The third kappa shape index (κ3) is 4.04. The van der Waals surface area contributed by atoms with E-state index in [1.54, 1.807) is 20.8 Å². The van der Waals surface area contributed by atoms with Crippen LogP contribution in [0.2, 0.25) is 0 Å². The Morgan fingerprint density at radius 2 is 2.00 bits per heavy atom. The van der Waals surface area contributed by atoms with Gasteiger partial charge in [0, 0.05) is 6.42 Å². The van der Waals surface area contributed by atoms with E-state index in [1.165, 1.54) is 6.08 Å². The minimum Gasteiger partial charge on any atom is -0.444 e. The van der Waals surface area contributed by atoms with Crippen molar-refractivity contribution in [2.45, 2.75) is 51.2 Å². The van der Waals surface area contributed by atoms with Gasteiger partial charge < -0.3 is 10.1 Å². The lowest BCUT2D eigenvalue weighted by Crippen LogP contribution is -2.41. The molecule has 90 valence electrons. The number of carbonyl (C=O) groups is 2. The summed E-state index contributed by atoms with van der Waals surface area (Å²) in [5, 5.41) is 2.76. The summed E-state index contributed by atoms with van der Waals surface area (Å²) < 4.78 is 5.14. The van der Waals surface area contributed by atoms with Gasteiger partial charge in [0.05, 0.1) is 5.54 Å². The second-order valence-electron chi connectivity index (χ2n) is 5.25. The molecule has 0 bridgehead atoms. The van der Waals surface area contributed by atoms with Gasteiger partial charge in [-0.3, -0.25) is 4.79 Å². The number of nitrogens with one attached hydrogen (secondary N) is 1. The summed E-state index contributed by atoms with van der Waals surface area (Å²) in [6, 6.07) is 0. The van der Waals surface area contributed by atoms with Crippen LogP contribution in [-0.2, 0) is 9.53 Å². The van der Waals surface area contributed by atoms with Crippen molar-refractivity contribution in [2.24, 2.45) is 0 Å².